The van der Waals surface area contributed by atoms with E-state index in [2.05, 4.69) is 5.10 Å². The molecular weight excluding hydrogens is 358 g/mol. The first kappa shape index (κ1) is 19.4. The molecule has 0 amide bonds. The van der Waals surface area contributed by atoms with Crippen LogP contribution in [0.1, 0.15) is 35.5 Å². The van der Waals surface area contributed by atoms with Crippen molar-refractivity contribution in [2.75, 3.05) is 6.61 Å². The molecule has 1 aromatic carbocycles. The summed E-state index contributed by atoms with van der Waals surface area (Å²) in [6.45, 7) is 7.11. The predicted octanol–water partition coefficient (Wildman–Crippen LogP) is 3.39. The van der Waals surface area contributed by atoms with E-state index in [-0.39, 0.29) is 17.9 Å². The summed E-state index contributed by atoms with van der Waals surface area (Å²) in [4.78, 5) is 25.0. The topological polar surface area (TPSA) is 75.3 Å². The van der Waals surface area contributed by atoms with Crippen LogP contribution in [0.25, 0.3) is 0 Å². The average molecular weight is 381 g/mol. The molecule has 2 heterocycles. The highest BCUT2D eigenvalue weighted by Gasteiger charge is 2.18. The van der Waals surface area contributed by atoms with E-state index in [9.17, 15) is 9.59 Å². The molecule has 0 aliphatic carbocycles. The van der Waals surface area contributed by atoms with Crippen molar-refractivity contribution in [2.24, 2.45) is 0 Å². The summed E-state index contributed by atoms with van der Waals surface area (Å²) >= 11 is 0. The molecule has 146 valence electrons. The number of aryl methyl sites for hydroxylation is 1. The molecule has 7 nitrogen and oxygen atoms in total. The molecule has 0 aliphatic heterocycles. The summed E-state index contributed by atoms with van der Waals surface area (Å²) in [7, 11) is 0. The number of hydrogen-bond acceptors (Lipinski definition) is 5. The van der Waals surface area contributed by atoms with Crippen molar-refractivity contribution in [2.45, 2.75) is 33.9 Å². The van der Waals surface area contributed by atoms with Gasteiger partial charge in [-0.05, 0) is 32.9 Å². The minimum Gasteiger partial charge on any atom is -0.462 e. The Morgan fingerprint density at radius 2 is 1.89 bits per heavy atom. The fourth-order valence-corrected chi connectivity index (χ4v) is 2.89. The van der Waals surface area contributed by atoms with Crippen LogP contribution in [0.4, 0.5) is 0 Å². The van der Waals surface area contributed by atoms with Gasteiger partial charge in [0.2, 0.25) is 5.43 Å². The van der Waals surface area contributed by atoms with Crippen LogP contribution < -0.4 is 10.2 Å². The summed E-state index contributed by atoms with van der Waals surface area (Å²) in [5, 5.41) is 4.34. The third-order valence-electron chi connectivity index (χ3n) is 4.37. The molecule has 0 radical (unpaired) electrons. The number of rotatable bonds is 7. The number of esters is 1. The van der Waals surface area contributed by atoms with Crippen molar-refractivity contribution in [1.82, 2.24) is 14.3 Å². The zero-order valence-electron chi connectivity index (χ0n) is 16.2. The van der Waals surface area contributed by atoms with Crippen LogP contribution in [-0.4, -0.2) is 26.9 Å². The molecule has 0 bridgehead atoms. The van der Waals surface area contributed by atoms with E-state index in [0.29, 0.717) is 12.3 Å². The number of carbonyl (C=O) groups excluding carboxylic acids is 1. The van der Waals surface area contributed by atoms with Crippen molar-refractivity contribution >= 4 is 5.97 Å². The van der Waals surface area contributed by atoms with Gasteiger partial charge < -0.3 is 14.0 Å². The lowest BCUT2D eigenvalue weighted by atomic mass is 10.2. The van der Waals surface area contributed by atoms with Crippen LogP contribution in [0, 0.1) is 6.92 Å². The maximum atomic E-state index is 12.8. The van der Waals surface area contributed by atoms with E-state index in [1.807, 2.05) is 36.7 Å². The Morgan fingerprint density at radius 3 is 2.54 bits per heavy atom. The van der Waals surface area contributed by atoms with E-state index >= 15 is 0 Å². The van der Waals surface area contributed by atoms with Crippen LogP contribution in [-0.2, 0) is 17.8 Å². The quantitative estimate of drug-likeness (QED) is 0.587. The maximum absolute atomic E-state index is 12.8. The minimum atomic E-state index is -0.666. The highest BCUT2D eigenvalue weighted by Crippen LogP contribution is 2.19. The van der Waals surface area contributed by atoms with Crippen molar-refractivity contribution in [3.05, 3.63) is 76.0 Å². The number of pyridine rings is 1. The van der Waals surface area contributed by atoms with E-state index in [4.69, 9.17) is 9.47 Å². The molecule has 0 saturated carbocycles. The first-order valence-corrected chi connectivity index (χ1v) is 9.18. The average Bonchev–Trinajstić information content (AvgIpc) is 3.04. The molecule has 0 saturated heterocycles. The first-order valence-electron chi connectivity index (χ1n) is 9.18. The fraction of sp³-hybridized carbons (Fsp3) is 0.286. The number of hydrogen-bond donors (Lipinski definition) is 0. The third kappa shape index (κ3) is 4.14. The Labute approximate surface area is 163 Å². The minimum absolute atomic E-state index is 0.0594. The van der Waals surface area contributed by atoms with Crippen LogP contribution in [0.2, 0.25) is 0 Å². The summed E-state index contributed by atoms with van der Waals surface area (Å²) in [6.07, 6.45) is 4.89. The van der Waals surface area contributed by atoms with Gasteiger partial charge in [-0.3, -0.25) is 9.48 Å². The highest BCUT2D eigenvalue weighted by atomic mass is 16.5. The van der Waals surface area contributed by atoms with Gasteiger partial charge in [0.1, 0.15) is 11.3 Å². The molecule has 7 heteroatoms. The molecule has 0 aliphatic rings. The monoisotopic (exact) mass is 381 g/mol. The van der Waals surface area contributed by atoms with Crippen LogP contribution in [0.15, 0.2) is 53.7 Å². The standard InChI is InChI=1S/C21H23N3O4/c1-4-24-15(3)16(11-22-24)12-23-13-18(21(26)27-5-2)20(25)19(14-23)28-17-9-7-6-8-10-17/h6-11,13-14H,4-5,12H2,1-3H3. The van der Waals surface area contributed by atoms with Gasteiger partial charge in [-0.1, -0.05) is 18.2 Å². The second-order valence-electron chi connectivity index (χ2n) is 6.24. The SMILES string of the molecule is CCOC(=O)c1cn(Cc2cnn(CC)c2C)cc(Oc2ccccc2)c1=O. The fourth-order valence-electron chi connectivity index (χ4n) is 2.89. The third-order valence-corrected chi connectivity index (χ3v) is 4.37. The van der Waals surface area contributed by atoms with Gasteiger partial charge >= 0.3 is 5.97 Å². The molecule has 3 rings (SSSR count). The number of para-hydroxylation sites is 1. The zero-order valence-corrected chi connectivity index (χ0v) is 16.2. The second-order valence-corrected chi connectivity index (χ2v) is 6.24. The van der Waals surface area contributed by atoms with Gasteiger partial charge in [0, 0.05) is 24.0 Å². The van der Waals surface area contributed by atoms with Gasteiger partial charge in [-0.15, -0.1) is 0 Å². The maximum Gasteiger partial charge on any atom is 0.343 e. The van der Waals surface area contributed by atoms with Crippen molar-refractivity contribution in [3.63, 3.8) is 0 Å². The van der Waals surface area contributed by atoms with E-state index in [1.54, 1.807) is 36.0 Å². The zero-order chi connectivity index (χ0) is 20.1. The number of nitrogens with zero attached hydrogens (tertiary/aromatic N) is 3. The first-order chi connectivity index (χ1) is 13.5. The number of ether oxygens (including phenoxy) is 2. The van der Waals surface area contributed by atoms with Crippen molar-refractivity contribution < 1.29 is 14.3 Å². The Bertz CT molecular complexity index is 1020. The van der Waals surface area contributed by atoms with Gasteiger partial charge in [-0.2, -0.15) is 5.10 Å². The smallest absolute Gasteiger partial charge is 0.343 e. The van der Waals surface area contributed by atoms with Crippen LogP contribution >= 0.6 is 0 Å². The number of aromatic nitrogens is 3. The molecule has 0 fully saturated rings. The van der Waals surface area contributed by atoms with Crippen LogP contribution in [0.3, 0.4) is 0 Å². The summed E-state index contributed by atoms with van der Waals surface area (Å²) in [5.74, 6) is -0.0832. The van der Waals surface area contributed by atoms with Crippen molar-refractivity contribution in [1.29, 1.82) is 0 Å². The molecule has 0 N–H and O–H groups in total. The summed E-state index contributed by atoms with van der Waals surface area (Å²) in [5.41, 5.74) is 1.46. The lowest BCUT2D eigenvalue weighted by molar-refractivity contribution is 0.0523. The Morgan fingerprint density at radius 1 is 1.14 bits per heavy atom. The lowest BCUT2D eigenvalue weighted by Crippen LogP contribution is -2.21. The van der Waals surface area contributed by atoms with E-state index in [0.717, 1.165) is 17.8 Å². The molecule has 3 aromatic rings. The number of benzene rings is 1. The highest BCUT2D eigenvalue weighted by molar-refractivity contribution is 5.89. The van der Waals surface area contributed by atoms with Crippen LogP contribution in [0.5, 0.6) is 11.5 Å². The van der Waals surface area contributed by atoms with E-state index in [1.165, 1.54) is 6.20 Å². The Balaban J connectivity index is 2.02. The number of carbonyl (C=O) groups is 1. The molecule has 0 unspecified atom stereocenters. The molecule has 2 aromatic heterocycles. The Kier molecular flexibility index (Phi) is 5.93. The molecule has 28 heavy (non-hydrogen) atoms. The largest absolute Gasteiger partial charge is 0.462 e. The normalized spacial score (nSPS) is 10.7. The molecular formula is C21H23N3O4. The van der Waals surface area contributed by atoms with Gasteiger partial charge in [0.05, 0.1) is 25.5 Å². The second kappa shape index (κ2) is 8.56. The van der Waals surface area contributed by atoms with Crippen molar-refractivity contribution in [3.8, 4) is 11.5 Å². The predicted molar refractivity (Wildman–Crippen MR) is 105 cm³/mol. The molecule has 0 spiro atoms. The Hall–Kier alpha value is -3.35. The van der Waals surface area contributed by atoms with E-state index < -0.39 is 11.4 Å². The molecule has 0 atom stereocenters. The summed E-state index contributed by atoms with van der Waals surface area (Å²) < 4.78 is 14.4. The van der Waals surface area contributed by atoms with Gasteiger partial charge in [0.15, 0.2) is 5.75 Å². The van der Waals surface area contributed by atoms with Gasteiger partial charge in [0.25, 0.3) is 0 Å². The summed E-state index contributed by atoms with van der Waals surface area (Å²) in [6, 6.07) is 8.97. The van der Waals surface area contributed by atoms with Gasteiger partial charge in [-0.25, -0.2) is 4.79 Å². The lowest BCUT2D eigenvalue weighted by Gasteiger charge is -2.12.